The lowest BCUT2D eigenvalue weighted by atomic mass is 9.89. The molecule has 1 aromatic carbocycles. The Morgan fingerprint density at radius 3 is 1.40 bits per heavy atom. The standard InChI is InChI=1S/C46H81O4/c1-4-6-8-10-12-14-16-17-18-19-21-23-25-27-32-38-46(48)50-42(3)41-49-45(47)39-33-37-44(40-43-35-30-28-31-36-43)34-29-26-24-22-20-15-13-11-9-7-5-2/h28,30-31,35-36,42,44H,3-27,29,32-34,37-41H2,1-2H3. The molecule has 1 rings (SSSR count). The van der Waals surface area contributed by atoms with Crippen molar-refractivity contribution < 1.29 is 19.1 Å². The number of unbranched alkanes of at least 4 members (excludes halogenated alkanes) is 24. The van der Waals surface area contributed by atoms with Crippen LogP contribution in [-0.2, 0) is 25.5 Å². The monoisotopic (exact) mass is 698 g/mol. The van der Waals surface area contributed by atoms with Gasteiger partial charge in [-0.15, -0.1) is 0 Å². The molecule has 0 saturated heterocycles. The maximum Gasteiger partial charge on any atom is 0.306 e. The summed E-state index contributed by atoms with van der Waals surface area (Å²) in [7, 11) is 0. The van der Waals surface area contributed by atoms with Crippen LogP contribution < -0.4 is 0 Å². The number of rotatable bonds is 37. The van der Waals surface area contributed by atoms with Crippen LogP contribution in [0, 0.1) is 12.8 Å². The Kier molecular flexibility index (Phi) is 32.8. The number of carbonyl (C=O) groups excluding carboxylic acids is 2. The average molecular weight is 698 g/mol. The van der Waals surface area contributed by atoms with E-state index in [1.165, 1.54) is 166 Å². The quantitative estimate of drug-likeness (QED) is 0.0513. The summed E-state index contributed by atoms with van der Waals surface area (Å²) in [5.41, 5.74) is 1.38. The van der Waals surface area contributed by atoms with Gasteiger partial charge in [-0.05, 0) is 44.1 Å². The summed E-state index contributed by atoms with van der Waals surface area (Å²) in [5.74, 6) is 0.136. The van der Waals surface area contributed by atoms with Gasteiger partial charge < -0.3 is 9.47 Å². The van der Waals surface area contributed by atoms with Crippen molar-refractivity contribution in [3.05, 3.63) is 42.8 Å². The minimum Gasteiger partial charge on any atom is -0.462 e. The number of esters is 2. The Balaban J connectivity index is 2.08. The SMILES string of the molecule is [CH2]C(COC(=O)CCCC(CCCCCCCCCCCCC)Cc1ccccc1)OC(=O)CCCCCCCCCCCCCCCCC. The lowest BCUT2D eigenvalue weighted by molar-refractivity contribution is -0.156. The maximum absolute atomic E-state index is 12.5. The van der Waals surface area contributed by atoms with E-state index in [1.54, 1.807) is 0 Å². The van der Waals surface area contributed by atoms with Gasteiger partial charge in [0.2, 0.25) is 0 Å². The van der Waals surface area contributed by atoms with E-state index < -0.39 is 6.10 Å². The zero-order valence-electron chi connectivity index (χ0n) is 33.2. The molecule has 0 bridgehead atoms. The first-order valence-corrected chi connectivity index (χ1v) is 21.8. The van der Waals surface area contributed by atoms with Crippen molar-refractivity contribution in [1.82, 2.24) is 0 Å². The molecular weight excluding hydrogens is 617 g/mol. The molecule has 50 heavy (non-hydrogen) atoms. The molecule has 2 atom stereocenters. The molecule has 0 aliphatic carbocycles. The summed E-state index contributed by atoms with van der Waals surface area (Å²) in [6.45, 7) is 8.48. The molecule has 4 heteroatoms. The van der Waals surface area contributed by atoms with Crippen molar-refractivity contribution in [2.75, 3.05) is 6.61 Å². The van der Waals surface area contributed by atoms with Crippen LogP contribution in [0.3, 0.4) is 0 Å². The van der Waals surface area contributed by atoms with Crippen molar-refractivity contribution in [2.45, 2.75) is 225 Å². The molecule has 0 aliphatic heterocycles. The minimum atomic E-state index is -0.644. The normalized spacial score (nSPS) is 12.5. The van der Waals surface area contributed by atoms with E-state index >= 15 is 0 Å². The van der Waals surface area contributed by atoms with Crippen LogP contribution in [-0.4, -0.2) is 24.6 Å². The topological polar surface area (TPSA) is 52.6 Å². The molecule has 0 amide bonds. The van der Waals surface area contributed by atoms with E-state index in [2.05, 4.69) is 51.1 Å². The third-order valence-corrected chi connectivity index (χ3v) is 10.3. The highest BCUT2D eigenvalue weighted by atomic mass is 16.6. The van der Waals surface area contributed by atoms with Crippen molar-refractivity contribution in [3.8, 4) is 0 Å². The van der Waals surface area contributed by atoms with E-state index in [0.717, 1.165) is 32.1 Å². The van der Waals surface area contributed by atoms with Gasteiger partial charge in [-0.3, -0.25) is 9.59 Å². The number of carbonyl (C=O) groups is 2. The van der Waals surface area contributed by atoms with Crippen LogP contribution in [0.2, 0.25) is 0 Å². The number of ether oxygens (including phenoxy) is 2. The number of hydrogen-bond donors (Lipinski definition) is 0. The van der Waals surface area contributed by atoms with E-state index in [0.29, 0.717) is 18.8 Å². The zero-order chi connectivity index (χ0) is 36.2. The zero-order valence-corrected chi connectivity index (χ0v) is 33.2. The van der Waals surface area contributed by atoms with Gasteiger partial charge in [-0.25, -0.2) is 0 Å². The summed E-state index contributed by atoms with van der Waals surface area (Å²) >= 11 is 0. The van der Waals surface area contributed by atoms with Crippen molar-refractivity contribution in [2.24, 2.45) is 5.92 Å². The number of hydrogen-bond acceptors (Lipinski definition) is 4. The second kappa shape index (κ2) is 35.6. The maximum atomic E-state index is 12.5. The van der Waals surface area contributed by atoms with Gasteiger partial charge in [-0.1, -0.05) is 211 Å². The van der Waals surface area contributed by atoms with Gasteiger partial charge in [0.15, 0.2) is 0 Å². The molecule has 0 aliphatic rings. The Bertz CT molecular complexity index is 868. The van der Waals surface area contributed by atoms with Crippen molar-refractivity contribution in [3.63, 3.8) is 0 Å². The molecule has 1 aromatic rings. The summed E-state index contributed by atoms with van der Waals surface area (Å²) in [4.78, 5) is 24.7. The van der Waals surface area contributed by atoms with Gasteiger partial charge in [-0.2, -0.15) is 0 Å². The summed E-state index contributed by atoms with van der Waals surface area (Å²) in [6.07, 6.45) is 38.9. The fourth-order valence-corrected chi connectivity index (χ4v) is 7.11. The highest BCUT2D eigenvalue weighted by Crippen LogP contribution is 2.23. The molecule has 0 spiro atoms. The average Bonchev–Trinajstić information content (AvgIpc) is 3.11. The fourth-order valence-electron chi connectivity index (χ4n) is 7.11. The summed E-state index contributed by atoms with van der Waals surface area (Å²) in [5, 5.41) is 0. The van der Waals surface area contributed by atoms with Crippen LogP contribution in [0.15, 0.2) is 30.3 Å². The largest absolute Gasteiger partial charge is 0.462 e. The fraction of sp³-hybridized carbons (Fsp3) is 0.804. The van der Waals surface area contributed by atoms with Gasteiger partial charge in [0.05, 0.1) is 0 Å². The molecular formula is C46H81O4. The van der Waals surface area contributed by atoms with Crippen molar-refractivity contribution in [1.29, 1.82) is 0 Å². The first kappa shape index (κ1) is 46.2. The summed E-state index contributed by atoms with van der Waals surface area (Å²) < 4.78 is 10.8. The number of benzene rings is 1. The first-order valence-electron chi connectivity index (χ1n) is 21.8. The van der Waals surface area contributed by atoms with Gasteiger partial charge in [0.25, 0.3) is 0 Å². The Morgan fingerprint density at radius 1 is 0.520 bits per heavy atom. The minimum absolute atomic E-state index is 0.0373. The molecule has 0 saturated carbocycles. The van der Waals surface area contributed by atoms with Gasteiger partial charge >= 0.3 is 11.9 Å². The van der Waals surface area contributed by atoms with Crippen LogP contribution in [0.25, 0.3) is 0 Å². The molecule has 2 unspecified atom stereocenters. The first-order chi connectivity index (χ1) is 24.5. The highest BCUT2D eigenvalue weighted by Gasteiger charge is 2.15. The van der Waals surface area contributed by atoms with E-state index in [4.69, 9.17) is 9.47 Å². The smallest absolute Gasteiger partial charge is 0.306 e. The molecule has 4 nitrogen and oxygen atoms in total. The van der Waals surface area contributed by atoms with E-state index in [9.17, 15) is 9.59 Å². The van der Waals surface area contributed by atoms with Gasteiger partial charge in [0.1, 0.15) is 12.7 Å². The van der Waals surface area contributed by atoms with Crippen LogP contribution in [0.1, 0.15) is 218 Å². The second-order valence-electron chi connectivity index (χ2n) is 15.3. The van der Waals surface area contributed by atoms with Crippen LogP contribution in [0.4, 0.5) is 0 Å². The predicted octanol–water partition coefficient (Wildman–Crippen LogP) is 14.3. The lowest BCUT2D eigenvalue weighted by Crippen LogP contribution is -2.22. The summed E-state index contributed by atoms with van der Waals surface area (Å²) in [6, 6.07) is 10.8. The second-order valence-corrected chi connectivity index (χ2v) is 15.3. The molecule has 0 N–H and O–H groups in total. The van der Waals surface area contributed by atoms with Crippen LogP contribution >= 0.6 is 0 Å². The lowest BCUT2D eigenvalue weighted by Gasteiger charge is -2.17. The van der Waals surface area contributed by atoms with E-state index in [1.807, 2.05) is 0 Å². The Morgan fingerprint density at radius 2 is 0.920 bits per heavy atom. The van der Waals surface area contributed by atoms with Crippen molar-refractivity contribution >= 4 is 11.9 Å². The van der Waals surface area contributed by atoms with Crippen LogP contribution in [0.5, 0.6) is 0 Å². The third-order valence-electron chi connectivity index (χ3n) is 10.3. The Hall–Kier alpha value is -1.84. The molecule has 0 heterocycles. The third kappa shape index (κ3) is 30.9. The molecule has 289 valence electrons. The highest BCUT2D eigenvalue weighted by molar-refractivity contribution is 5.70. The molecule has 0 fully saturated rings. The molecule has 0 aromatic heterocycles. The van der Waals surface area contributed by atoms with Gasteiger partial charge in [0, 0.05) is 12.8 Å². The van der Waals surface area contributed by atoms with E-state index in [-0.39, 0.29) is 18.5 Å². The Labute approximate surface area is 311 Å². The predicted molar refractivity (Wildman–Crippen MR) is 214 cm³/mol. The molecule has 1 radical (unpaired) electrons.